The molecule has 1 heterocycles. The first-order valence-corrected chi connectivity index (χ1v) is 9.76. The van der Waals surface area contributed by atoms with Gasteiger partial charge < -0.3 is 10.1 Å². The smallest absolute Gasteiger partial charge is 0.321 e. The van der Waals surface area contributed by atoms with Gasteiger partial charge in [-0.1, -0.05) is 0 Å². The Labute approximate surface area is 161 Å². The molecule has 0 saturated carbocycles. The van der Waals surface area contributed by atoms with Crippen molar-refractivity contribution >= 4 is 21.4 Å². The van der Waals surface area contributed by atoms with Gasteiger partial charge in [-0.05, 0) is 61.5 Å². The van der Waals surface area contributed by atoms with Crippen molar-refractivity contribution in [3.8, 4) is 11.8 Å². The first-order chi connectivity index (χ1) is 13.4. The van der Waals surface area contributed by atoms with Crippen LogP contribution in [-0.4, -0.2) is 29.5 Å². The van der Waals surface area contributed by atoms with Gasteiger partial charge in [0.1, 0.15) is 16.8 Å². The highest BCUT2D eigenvalue weighted by atomic mass is 32.2. The molecule has 28 heavy (non-hydrogen) atoms. The summed E-state index contributed by atoms with van der Waals surface area (Å²) in [5.41, 5.74) is 0.396. The molecule has 0 aliphatic heterocycles. The molecule has 3 rings (SSSR count). The highest BCUT2D eigenvalue weighted by Gasteiger charge is 2.29. The molecular weight excluding hydrogens is 385 g/mol. The van der Waals surface area contributed by atoms with E-state index in [1.54, 1.807) is 42.7 Å². The summed E-state index contributed by atoms with van der Waals surface area (Å²) >= 11 is 0. The van der Waals surface area contributed by atoms with E-state index in [1.165, 1.54) is 6.92 Å². The molecule has 1 amide bonds. The van der Waals surface area contributed by atoms with E-state index in [0.29, 0.717) is 11.4 Å². The summed E-state index contributed by atoms with van der Waals surface area (Å²) in [6, 6.07) is 12.5. The Bertz CT molecular complexity index is 1060. The van der Waals surface area contributed by atoms with E-state index in [1.807, 2.05) is 0 Å². The predicted octanol–water partition coefficient (Wildman–Crippen LogP) is 3.21. The number of aromatic nitrogens is 2. The summed E-state index contributed by atoms with van der Waals surface area (Å²) in [7, 11) is -3.94. The van der Waals surface area contributed by atoms with Gasteiger partial charge in [0, 0.05) is 18.1 Å². The average Bonchev–Trinajstić information content (AvgIpc) is 2.70. The number of sulfone groups is 1. The molecule has 0 fully saturated rings. The van der Waals surface area contributed by atoms with Crippen LogP contribution in [0.25, 0.3) is 0 Å². The molecule has 1 aromatic heterocycles. The largest absolute Gasteiger partial charge is 0.424 e. The van der Waals surface area contributed by atoms with Crippen molar-refractivity contribution in [2.24, 2.45) is 0 Å². The fraction of sp³-hybridized carbons (Fsp3) is 0.105. The van der Waals surface area contributed by atoms with Gasteiger partial charge in [-0.3, -0.25) is 4.79 Å². The zero-order chi connectivity index (χ0) is 20.1. The zero-order valence-corrected chi connectivity index (χ0v) is 15.6. The van der Waals surface area contributed by atoms with Crippen LogP contribution in [0.15, 0.2) is 71.9 Å². The van der Waals surface area contributed by atoms with E-state index in [4.69, 9.17) is 4.74 Å². The van der Waals surface area contributed by atoms with E-state index in [9.17, 15) is 17.6 Å². The van der Waals surface area contributed by atoms with E-state index >= 15 is 0 Å². The lowest BCUT2D eigenvalue weighted by atomic mass is 10.3. The van der Waals surface area contributed by atoms with Crippen molar-refractivity contribution in [2.45, 2.75) is 17.1 Å². The number of nitrogens with zero attached hydrogens (tertiary/aromatic N) is 2. The Balaban J connectivity index is 1.67. The van der Waals surface area contributed by atoms with E-state index < -0.39 is 26.8 Å². The van der Waals surface area contributed by atoms with Crippen LogP contribution in [0.4, 0.5) is 10.1 Å². The van der Waals surface area contributed by atoms with E-state index in [2.05, 4.69) is 15.3 Å². The van der Waals surface area contributed by atoms with Crippen LogP contribution in [-0.2, 0) is 14.6 Å². The maximum Gasteiger partial charge on any atom is 0.321 e. The molecule has 1 unspecified atom stereocenters. The minimum absolute atomic E-state index is 0.122. The van der Waals surface area contributed by atoms with Gasteiger partial charge in [0.15, 0.2) is 9.84 Å². The number of ether oxygens (including phenoxy) is 1. The van der Waals surface area contributed by atoms with Crippen LogP contribution in [0.1, 0.15) is 6.92 Å². The molecular formula is C19H16FN3O4S. The molecule has 0 aliphatic rings. The SMILES string of the molecule is CC(C(=O)Nc1ccc(Oc2ncccn2)cc1)S(=O)(=O)c1ccc(F)cc1. The standard InChI is InChI=1S/C19H16FN3O4S/c1-13(28(25,26)17-9-3-14(20)4-10-17)18(24)23-15-5-7-16(8-6-15)27-19-21-11-2-12-22-19/h2-13H,1H3,(H,23,24). The lowest BCUT2D eigenvalue weighted by Gasteiger charge is -2.14. The summed E-state index contributed by atoms with van der Waals surface area (Å²) < 4.78 is 43.5. The lowest BCUT2D eigenvalue weighted by Crippen LogP contribution is -2.32. The minimum Gasteiger partial charge on any atom is -0.424 e. The highest BCUT2D eigenvalue weighted by Crippen LogP contribution is 2.21. The summed E-state index contributed by atoms with van der Waals surface area (Å²) in [5, 5.41) is 1.19. The Kier molecular flexibility index (Phi) is 5.65. The first-order valence-electron chi connectivity index (χ1n) is 8.21. The van der Waals surface area contributed by atoms with Crippen molar-refractivity contribution in [1.29, 1.82) is 0 Å². The molecule has 0 spiro atoms. The molecule has 7 nitrogen and oxygen atoms in total. The second kappa shape index (κ2) is 8.13. The van der Waals surface area contributed by atoms with Crippen molar-refractivity contribution in [3.63, 3.8) is 0 Å². The number of benzene rings is 2. The van der Waals surface area contributed by atoms with Gasteiger partial charge in [-0.15, -0.1) is 0 Å². The summed E-state index contributed by atoms with van der Waals surface area (Å²) in [5.74, 6) is -0.806. The molecule has 0 radical (unpaired) electrons. The van der Waals surface area contributed by atoms with Crippen LogP contribution in [0.5, 0.6) is 11.8 Å². The van der Waals surface area contributed by atoms with Crippen LogP contribution in [0.2, 0.25) is 0 Å². The van der Waals surface area contributed by atoms with Crippen molar-refractivity contribution in [3.05, 3.63) is 72.8 Å². The second-order valence-electron chi connectivity index (χ2n) is 5.79. The van der Waals surface area contributed by atoms with Gasteiger partial charge in [-0.25, -0.2) is 22.8 Å². The Morgan fingerprint density at radius 1 is 1.04 bits per heavy atom. The third kappa shape index (κ3) is 4.49. The number of nitrogens with one attached hydrogen (secondary N) is 1. The fourth-order valence-corrected chi connectivity index (χ4v) is 3.53. The maximum absolute atomic E-state index is 13.0. The van der Waals surface area contributed by atoms with Gasteiger partial charge in [0.25, 0.3) is 0 Å². The Morgan fingerprint density at radius 2 is 1.64 bits per heavy atom. The average molecular weight is 401 g/mol. The zero-order valence-electron chi connectivity index (χ0n) is 14.7. The third-order valence-electron chi connectivity index (χ3n) is 3.85. The van der Waals surface area contributed by atoms with Crippen molar-refractivity contribution < 1.29 is 22.3 Å². The number of carbonyl (C=O) groups is 1. The second-order valence-corrected chi connectivity index (χ2v) is 8.06. The van der Waals surface area contributed by atoms with Gasteiger partial charge in [0.2, 0.25) is 5.91 Å². The molecule has 0 bridgehead atoms. The topological polar surface area (TPSA) is 98.2 Å². The number of hydrogen-bond acceptors (Lipinski definition) is 6. The molecule has 1 atom stereocenters. The summed E-state index contributed by atoms with van der Waals surface area (Å²) in [6.07, 6.45) is 3.08. The van der Waals surface area contributed by atoms with Crippen LogP contribution >= 0.6 is 0 Å². The van der Waals surface area contributed by atoms with Crippen molar-refractivity contribution in [2.75, 3.05) is 5.32 Å². The number of rotatable bonds is 6. The van der Waals surface area contributed by atoms with Crippen LogP contribution in [0.3, 0.4) is 0 Å². The van der Waals surface area contributed by atoms with Crippen molar-refractivity contribution in [1.82, 2.24) is 9.97 Å². The molecule has 0 saturated heterocycles. The lowest BCUT2D eigenvalue weighted by molar-refractivity contribution is -0.115. The van der Waals surface area contributed by atoms with Crippen LogP contribution in [0, 0.1) is 5.82 Å². The number of carbonyl (C=O) groups excluding carboxylic acids is 1. The molecule has 2 aromatic carbocycles. The Morgan fingerprint density at radius 3 is 2.25 bits per heavy atom. The quantitative estimate of drug-likeness (QED) is 0.637. The highest BCUT2D eigenvalue weighted by molar-refractivity contribution is 7.92. The maximum atomic E-state index is 13.0. The predicted molar refractivity (Wildman–Crippen MR) is 100 cm³/mol. The fourth-order valence-electron chi connectivity index (χ4n) is 2.26. The normalized spacial score (nSPS) is 12.2. The van der Waals surface area contributed by atoms with Gasteiger partial charge >= 0.3 is 6.01 Å². The molecule has 3 aromatic rings. The van der Waals surface area contributed by atoms with Gasteiger partial charge in [0.05, 0.1) is 4.90 Å². The number of halogens is 1. The monoisotopic (exact) mass is 401 g/mol. The molecule has 0 aliphatic carbocycles. The van der Waals surface area contributed by atoms with E-state index in [0.717, 1.165) is 24.3 Å². The summed E-state index contributed by atoms with van der Waals surface area (Å²) in [6.45, 7) is 1.28. The Hall–Kier alpha value is -3.33. The number of anilines is 1. The minimum atomic E-state index is -3.94. The number of hydrogen-bond donors (Lipinski definition) is 1. The molecule has 144 valence electrons. The summed E-state index contributed by atoms with van der Waals surface area (Å²) in [4.78, 5) is 20.1. The molecule has 9 heteroatoms. The van der Waals surface area contributed by atoms with Gasteiger partial charge in [-0.2, -0.15) is 0 Å². The molecule has 1 N–H and O–H groups in total. The number of amides is 1. The van der Waals surface area contributed by atoms with Crippen LogP contribution < -0.4 is 10.1 Å². The third-order valence-corrected chi connectivity index (χ3v) is 5.92. The first kappa shape index (κ1) is 19.4. The van der Waals surface area contributed by atoms with E-state index in [-0.39, 0.29) is 10.9 Å².